The largest absolute Gasteiger partial charge is 0.323 e. The molecule has 1 heterocycles. The monoisotopic (exact) mass is 226 g/mol. The molecule has 3 heteroatoms. The predicted octanol–water partition coefficient (Wildman–Crippen LogP) is 2.51. The van der Waals surface area contributed by atoms with Gasteiger partial charge < -0.3 is 4.90 Å². The molecule has 0 bridgehead atoms. The summed E-state index contributed by atoms with van der Waals surface area (Å²) in [5.74, 6) is 0.280. The van der Waals surface area contributed by atoms with E-state index in [2.05, 4.69) is 31.0 Å². The Balaban J connectivity index is 2.65. The van der Waals surface area contributed by atoms with E-state index in [1.807, 2.05) is 6.92 Å². The Kier molecular flexibility index (Phi) is 5.26. The van der Waals surface area contributed by atoms with Crippen LogP contribution in [0.5, 0.6) is 0 Å². The molecule has 0 aromatic carbocycles. The summed E-state index contributed by atoms with van der Waals surface area (Å²) in [6.45, 7) is 8.46. The molecule has 0 aromatic heterocycles. The zero-order valence-corrected chi connectivity index (χ0v) is 11.1. The third-order valence-corrected chi connectivity index (χ3v) is 3.44. The van der Waals surface area contributed by atoms with Crippen LogP contribution in [0.2, 0.25) is 0 Å². The van der Waals surface area contributed by atoms with Crippen molar-refractivity contribution < 1.29 is 4.79 Å². The first-order valence-corrected chi connectivity index (χ1v) is 6.70. The van der Waals surface area contributed by atoms with E-state index in [0.29, 0.717) is 6.04 Å². The van der Waals surface area contributed by atoms with Gasteiger partial charge in [-0.15, -0.1) is 0 Å². The second-order valence-corrected chi connectivity index (χ2v) is 4.89. The number of unbranched alkanes of at least 4 members (excludes halogenated alkanes) is 1. The summed E-state index contributed by atoms with van der Waals surface area (Å²) in [4.78, 5) is 14.1. The molecule has 3 nitrogen and oxygen atoms in total. The predicted molar refractivity (Wildman–Crippen MR) is 67.1 cm³/mol. The fraction of sp³-hybridized carbons (Fsp3) is 0.923. The number of nitrogens with one attached hydrogen (secondary N) is 1. The normalized spacial score (nSPS) is 27.5. The maximum absolute atomic E-state index is 12.1. The third-order valence-electron chi connectivity index (χ3n) is 3.44. The van der Waals surface area contributed by atoms with Gasteiger partial charge in [0, 0.05) is 6.04 Å². The molecule has 3 atom stereocenters. The minimum Gasteiger partial charge on any atom is -0.323 e. The van der Waals surface area contributed by atoms with Gasteiger partial charge in [-0.1, -0.05) is 33.1 Å². The van der Waals surface area contributed by atoms with E-state index in [-0.39, 0.29) is 18.1 Å². The van der Waals surface area contributed by atoms with Crippen molar-refractivity contribution in [3.05, 3.63) is 0 Å². The minimum absolute atomic E-state index is 0.00372. The van der Waals surface area contributed by atoms with Gasteiger partial charge in [-0.3, -0.25) is 10.1 Å². The van der Waals surface area contributed by atoms with Crippen LogP contribution in [-0.2, 0) is 4.79 Å². The van der Waals surface area contributed by atoms with Crippen LogP contribution in [0.1, 0.15) is 59.8 Å². The molecule has 0 aromatic rings. The first-order chi connectivity index (χ1) is 7.61. The molecule has 0 radical (unpaired) electrons. The number of hydrogen-bond donors (Lipinski definition) is 1. The number of nitrogens with zero attached hydrogens (tertiary/aromatic N) is 1. The fourth-order valence-corrected chi connectivity index (χ4v) is 2.62. The molecule has 0 spiro atoms. The summed E-state index contributed by atoms with van der Waals surface area (Å²) < 4.78 is 0. The molecule has 1 amide bonds. The highest BCUT2D eigenvalue weighted by Crippen LogP contribution is 2.21. The highest BCUT2D eigenvalue weighted by molar-refractivity contribution is 5.84. The molecular weight excluding hydrogens is 200 g/mol. The van der Waals surface area contributed by atoms with Crippen molar-refractivity contribution in [3.63, 3.8) is 0 Å². The van der Waals surface area contributed by atoms with Crippen molar-refractivity contribution in [3.8, 4) is 0 Å². The molecule has 0 saturated carbocycles. The highest BCUT2D eigenvalue weighted by atomic mass is 16.2. The van der Waals surface area contributed by atoms with Crippen molar-refractivity contribution in [1.29, 1.82) is 0 Å². The second-order valence-electron chi connectivity index (χ2n) is 4.89. The molecule has 1 saturated heterocycles. The fourth-order valence-electron chi connectivity index (χ4n) is 2.62. The van der Waals surface area contributed by atoms with Gasteiger partial charge >= 0.3 is 0 Å². The van der Waals surface area contributed by atoms with Gasteiger partial charge in [0.25, 0.3) is 0 Å². The van der Waals surface area contributed by atoms with Gasteiger partial charge in [0.2, 0.25) is 5.91 Å². The molecule has 1 rings (SSSR count). The SMILES string of the molecule is CCCCC(CCC)N1C(=O)C(C)NC1C. The Morgan fingerprint density at radius 2 is 1.94 bits per heavy atom. The number of carbonyl (C=O) groups excluding carboxylic acids is 1. The van der Waals surface area contributed by atoms with Crippen molar-refractivity contribution in [1.82, 2.24) is 10.2 Å². The quantitative estimate of drug-likeness (QED) is 0.754. The first kappa shape index (κ1) is 13.5. The van der Waals surface area contributed by atoms with Gasteiger partial charge in [0.1, 0.15) is 0 Å². The summed E-state index contributed by atoms with van der Waals surface area (Å²) in [6.07, 6.45) is 6.06. The lowest BCUT2D eigenvalue weighted by atomic mass is 10.0. The minimum atomic E-state index is -0.00372. The van der Waals surface area contributed by atoms with Crippen LogP contribution >= 0.6 is 0 Å². The summed E-state index contributed by atoms with van der Waals surface area (Å²) in [5.41, 5.74) is 0. The molecule has 1 fully saturated rings. The lowest BCUT2D eigenvalue weighted by Gasteiger charge is -2.31. The van der Waals surface area contributed by atoms with Crippen LogP contribution in [0.15, 0.2) is 0 Å². The number of amides is 1. The average molecular weight is 226 g/mol. The Morgan fingerprint density at radius 3 is 2.38 bits per heavy atom. The topological polar surface area (TPSA) is 32.3 Å². The lowest BCUT2D eigenvalue weighted by molar-refractivity contribution is -0.132. The van der Waals surface area contributed by atoms with Crippen molar-refractivity contribution in [2.75, 3.05) is 0 Å². The van der Waals surface area contributed by atoms with Crippen LogP contribution in [0, 0.1) is 0 Å². The van der Waals surface area contributed by atoms with E-state index >= 15 is 0 Å². The first-order valence-electron chi connectivity index (χ1n) is 6.70. The number of carbonyl (C=O) groups is 1. The Morgan fingerprint density at radius 1 is 1.25 bits per heavy atom. The van der Waals surface area contributed by atoms with E-state index in [9.17, 15) is 4.79 Å². The maximum Gasteiger partial charge on any atom is 0.240 e. The standard InChI is InChI=1S/C13H26N2O/c1-5-7-9-12(8-6-2)15-11(4)14-10(3)13(15)16/h10-12,14H,5-9H2,1-4H3. The van der Waals surface area contributed by atoms with E-state index in [4.69, 9.17) is 0 Å². The van der Waals surface area contributed by atoms with Gasteiger partial charge in [-0.2, -0.15) is 0 Å². The molecule has 3 unspecified atom stereocenters. The molecule has 1 aliphatic rings. The van der Waals surface area contributed by atoms with Crippen LogP contribution < -0.4 is 5.32 Å². The van der Waals surface area contributed by atoms with Crippen LogP contribution in [0.3, 0.4) is 0 Å². The summed E-state index contributed by atoms with van der Waals surface area (Å²) in [5, 5.41) is 3.31. The van der Waals surface area contributed by atoms with Crippen LogP contribution in [0.4, 0.5) is 0 Å². The van der Waals surface area contributed by atoms with E-state index < -0.39 is 0 Å². The average Bonchev–Trinajstić information content (AvgIpc) is 2.49. The number of hydrogen-bond acceptors (Lipinski definition) is 2. The highest BCUT2D eigenvalue weighted by Gasteiger charge is 2.37. The molecule has 1 N–H and O–H groups in total. The summed E-state index contributed by atoms with van der Waals surface area (Å²) in [6, 6.07) is 0.431. The molecule has 94 valence electrons. The molecule has 0 aliphatic carbocycles. The third kappa shape index (κ3) is 2.97. The van der Waals surface area contributed by atoms with Crippen molar-refractivity contribution in [2.45, 2.75) is 78.0 Å². The summed E-state index contributed by atoms with van der Waals surface area (Å²) in [7, 11) is 0. The Labute approximate surface area is 99.6 Å². The molecule has 16 heavy (non-hydrogen) atoms. The zero-order chi connectivity index (χ0) is 12.1. The van der Waals surface area contributed by atoms with Crippen LogP contribution in [0.25, 0.3) is 0 Å². The smallest absolute Gasteiger partial charge is 0.240 e. The second kappa shape index (κ2) is 6.24. The number of rotatable bonds is 6. The Bertz CT molecular complexity index is 230. The Hall–Kier alpha value is -0.570. The maximum atomic E-state index is 12.1. The van der Waals surface area contributed by atoms with Crippen molar-refractivity contribution >= 4 is 5.91 Å². The lowest BCUT2D eigenvalue weighted by Crippen LogP contribution is -2.43. The van der Waals surface area contributed by atoms with E-state index in [1.54, 1.807) is 0 Å². The van der Waals surface area contributed by atoms with Gasteiger partial charge in [-0.25, -0.2) is 0 Å². The van der Waals surface area contributed by atoms with E-state index in [1.165, 1.54) is 12.8 Å². The van der Waals surface area contributed by atoms with Gasteiger partial charge in [-0.05, 0) is 26.7 Å². The van der Waals surface area contributed by atoms with Crippen molar-refractivity contribution in [2.24, 2.45) is 0 Å². The van der Waals surface area contributed by atoms with Gasteiger partial charge in [0.05, 0.1) is 12.2 Å². The summed E-state index contributed by atoms with van der Waals surface area (Å²) >= 11 is 0. The molecule has 1 aliphatic heterocycles. The van der Waals surface area contributed by atoms with Crippen LogP contribution in [-0.4, -0.2) is 29.1 Å². The zero-order valence-electron chi connectivity index (χ0n) is 11.1. The van der Waals surface area contributed by atoms with E-state index in [0.717, 1.165) is 19.3 Å². The van der Waals surface area contributed by atoms with Gasteiger partial charge in [0.15, 0.2) is 0 Å². The molecular formula is C13H26N2O.